The monoisotopic (exact) mass is 483 g/mol. The Kier molecular flexibility index (Phi) is 6.72. The number of hydrogen-bond donors (Lipinski definition) is 0. The molecule has 176 valence electrons. The maximum atomic E-state index is 13.2. The molecule has 0 unspecified atom stereocenters. The van der Waals surface area contributed by atoms with Crippen LogP contribution in [0.4, 0.5) is 18.3 Å². The van der Waals surface area contributed by atoms with Crippen molar-refractivity contribution in [3.8, 4) is 16.6 Å². The fraction of sp³-hybridized carbons (Fsp3) is 0.474. The molecule has 10 nitrogen and oxygen atoms in total. The Labute approximate surface area is 190 Å². The van der Waals surface area contributed by atoms with Crippen LogP contribution in [-0.4, -0.2) is 55.7 Å². The first kappa shape index (κ1) is 22.9. The van der Waals surface area contributed by atoms with Gasteiger partial charge in [0.05, 0.1) is 5.56 Å². The Bertz CT molecular complexity index is 1100. The summed E-state index contributed by atoms with van der Waals surface area (Å²) in [5, 5.41) is 20.3. The van der Waals surface area contributed by atoms with Crippen molar-refractivity contribution >= 4 is 22.4 Å². The molecule has 0 N–H and O–H groups in total. The average Bonchev–Trinajstić information content (AvgIpc) is 3.43. The van der Waals surface area contributed by atoms with E-state index in [-0.39, 0.29) is 24.1 Å². The SMILES string of the molecule is CCCC(=O)On1nnnc1-c1nnc(N2CCC(Oc3ccccc3C(F)(F)F)CC2)s1. The van der Waals surface area contributed by atoms with E-state index in [1.807, 2.05) is 11.8 Å². The molecule has 1 fully saturated rings. The number of anilines is 1. The molecule has 3 aromatic rings. The highest BCUT2D eigenvalue weighted by Gasteiger charge is 2.35. The molecule has 0 spiro atoms. The molecule has 0 saturated carbocycles. The lowest BCUT2D eigenvalue weighted by Crippen LogP contribution is -2.38. The van der Waals surface area contributed by atoms with E-state index >= 15 is 0 Å². The first-order chi connectivity index (χ1) is 15.8. The number of rotatable bonds is 7. The van der Waals surface area contributed by atoms with Gasteiger partial charge in [0.15, 0.2) is 5.01 Å². The molecule has 0 aliphatic carbocycles. The molecule has 1 aliphatic rings. The van der Waals surface area contributed by atoms with Gasteiger partial charge >= 0.3 is 12.1 Å². The van der Waals surface area contributed by atoms with E-state index in [4.69, 9.17) is 9.57 Å². The Morgan fingerprint density at radius 3 is 2.67 bits per heavy atom. The highest BCUT2D eigenvalue weighted by molar-refractivity contribution is 7.18. The normalized spacial score (nSPS) is 15.0. The van der Waals surface area contributed by atoms with E-state index in [1.54, 1.807) is 0 Å². The summed E-state index contributed by atoms with van der Waals surface area (Å²) in [7, 11) is 0. The molecule has 33 heavy (non-hydrogen) atoms. The number of halogens is 3. The number of carbonyl (C=O) groups is 1. The maximum Gasteiger partial charge on any atom is 0.419 e. The zero-order chi connectivity index (χ0) is 23.4. The van der Waals surface area contributed by atoms with Crippen LogP contribution in [0.1, 0.15) is 38.2 Å². The molecule has 14 heteroatoms. The summed E-state index contributed by atoms with van der Waals surface area (Å²) in [6.45, 7) is 2.91. The summed E-state index contributed by atoms with van der Waals surface area (Å²) >= 11 is 1.22. The Balaban J connectivity index is 1.38. The van der Waals surface area contributed by atoms with Gasteiger partial charge in [0.25, 0.3) is 5.82 Å². The summed E-state index contributed by atoms with van der Waals surface area (Å²) in [4.78, 5) is 19.7. The van der Waals surface area contributed by atoms with Gasteiger partial charge in [-0.2, -0.15) is 13.2 Å². The van der Waals surface area contributed by atoms with Crippen LogP contribution in [0.25, 0.3) is 10.8 Å². The number of ether oxygens (including phenoxy) is 1. The molecule has 0 amide bonds. The third kappa shape index (κ3) is 5.38. The van der Waals surface area contributed by atoms with Crippen LogP contribution < -0.4 is 14.5 Å². The van der Waals surface area contributed by atoms with Gasteiger partial charge in [0.2, 0.25) is 5.13 Å². The number of piperidine rings is 1. The molecular formula is C19H20F3N7O3S. The highest BCUT2D eigenvalue weighted by Crippen LogP contribution is 2.37. The van der Waals surface area contributed by atoms with Gasteiger partial charge in [-0.25, -0.2) is 4.79 Å². The summed E-state index contributed by atoms with van der Waals surface area (Å²) in [5.74, 6) is -0.471. The van der Waals surface area contributed by atoms with Crippen LogP contribution in [-0.2, 0) is 11.0 Å². The number of alkyl halides is 3. The minimum absolute atomic E-state index is 0.158. The second-order valence-corrected chi connectivity index (χ2v) is 8.23. The topological polar surface area (TPSA) is 108 Å². The first-order valence-electron chi connectivity index (χ1n) is 10.3. The third-order valence-electron chi connectivity index (χ3n) is 4.89. The van der Waals surface area contributed by atoms with E-state index in [2.05, 4.69) is 25.7 Å². The van der Waals surface area contributed by atoms with Crippen molar-refractivity contribution in [1.82, 2.24) is 30.6 Å². The Morgan fingerprint density at radius 2 is 1.94 bits per heavy atom. The minimum atomic E-state index is -4.47. The summed E-state index contributed by atoms with van der Waals surface area (Å²) in [5.41, 5.74) is -0.779. The van der Waals surface area contributed by atoms with Gasteiger partial charge in [-0.15, -0.1) is 15.3 Å². The van der Waals surface area contributed by atoms with E-state index in [0.29, 0.717) is 42.5 Å². The number of para-hydroxylation sites is 1. The van der Waals surface area contributed by atoms with Gasteiger partial charge in [-0.1, -0.05) is 30.4 Å². The van der Waals surface area contributed by atoms with E-state index < -0.39 is 17.7 Å². The van der Waals surface area contributed by atoms with Crippen molar-refractivity contribution in [2.45, 2.75) is 44.9 Å². The van der Waals surface area contributed by atoms with Crippen molar-refractivity contribution in [3.63, 3.8) is 0 Å². The molecule has 1 aromatic carbocycles. The molecular weight excluding hydrogens is 463 g/mol. The van der Waals surface area contributed by atoms with Crippen LogP contribution in [0.5, 0.6) is 5.75 Å². The minimum Gasteiger partial charge on any atom is -0.490 e. The zero-order valence-corrected chi connectivity index (χ0v) is 18.3. The molecule has 1 aliphatic heterocycles. The molecule has 1 saturated heterocycles. The van der Waals surface area contributed by atoms with Crippen molar-refractivity contribution < 1.29 is 27.5 Å². The van der Waals surface area contributed by atoms with Crippen LogP contribution in [0.2, 0.25) is 0 Å². The molecule has 0 atom stereocenters. The summed E-state index contributed by atoms with van der Waals surface area (Å²) < 4.78 is 45.3. The Hall–Kier alpha value is -3.29. The summed E-state index contributed by atoms with van der Waals surface area (Å²) in [6.07, 6.45) is -2.92. The van der Waals surface area contributed by atoms with Crippen molar-refractivity contribution in [2.75, 3.05) is 18.0 Å². The van der Waals surface area contributed by atoms with E-state index in [0.717, 1.165) is 10.9 Å². The van der Waals surface area contributed by atoms with Gasteiger partial charge < -0.3 is 14.5 Å². The molecule has 0 radical (unpaired) electrons. The largest absolute Gasteiger partial charge is 0.490 e. The van der Waals surface area contributed by atoms with Crippen molar-refractivity contribution in [1.29, 1.82) is 0 Å². The van der Waals surface area contributed by atoms with Crippen LogP contribution in [0.3, 0.4) is 0 Å². The van der Waals surface area contributed by atoms with Crippen LogP contribution in [0, 0.1) is 0 Å². The maximum absolute atomic E-state index is 13.2. The second kappa shape index (κ2) is 9.68. The van der Waals surface area contributed by atoms with Crippen molar-refractivity contribution in [2.24, 2.45) is 0 Å². The number of carbonyl (C=O) groups excluding carboxylic acids is 1. The quantitative estimate of drug-likeness (QED) is 0.469. The lowest BCUT2D eigenvalue weighted by atomic mass is 10.1. The standard InChI is InChI=1S/C19H20F3N7O3S/c1-2-5-15(30)32-29-16(23-26-27-29)17-24-25-18(33-17)28-10-8-12(9-11-28)31-14-7-4-3-6-13(14)19(20,21)22/h3-4,6-7,12H,2,5,8-11H2,1H3. The van der Waals surface area contributed by atoms with E-state index in [9.17, 15) is 18.0 Å². The van der Waals surface area contributed by atoms with Gasteiger partial charge in [0, 0.05) is 32.4 Å². The molecule has 2 aromatic heterocycles. The lowest BCUT2D eigenvalue weighted by molar-refractivity contribution is -0.145. The molecule has 0 bridgehead atoms. The van der Waals surface area contributed by atoms with Crippen LogP contribution >= 0.6 is 11.3 Å². The van der Waals surface area contributed by atoms with Crippen molar-refractivity contribution in [3.05, 3.63) is 29.8 Å². The number of benzene rings is 1. The highest BCUT2D eigenvalue weighted by atomic mass is 32.1. The second-order valence-electron chi connectivity index (χ2n) is 7.28. The smallest absolute Gasteiger partial charge is 0.419 e. The predicted molar refractivity (Wildman–Crippen MR) is 111 cm³/mol. The zero-order valence-electron chi connectivity index (χ0n) is 17.5. The van der Waals surface area contributed by atoms with Gasteiger partial charge in [-0.3, -0.25) is 0 Å². The van der Waals surface area contributed by atoms with Crippen LogP contribution in [0.15, 0.2) is 24.3 Å². The number of aromatic nitrogens is 6. The third-order valence-corrected chi connectivity index (χ3v) is 5.87. The van der Waals surface area contributed by atoms with E-state index in [1.165, 1.54) is 29.5 Å². The predicted octanol–water partition coefficient (Wildman–Crippen LogP) is 3.01. The molecule has 3 heterocycles. The average molecular weight is 483 g/mol. The summed E-state index contributed by atoms with van der Waals surface area (Å²) in [6, 6.07) is 5.21. The lowest BCUT2D eigenvalue weighted by Gasteiger charge is -2.32. The Morgan fingerprint density at radius 1 is 1.18 bits per heavy atom. The molecule has 4 rings (SSSR count). The first-order valence-corrected chi connectivity index (χ1v) is 11.1. The fourth-order valence-electron chi connectivity index (χ4n) is 3.29. The fourth-order valence-corrected chi connectivity index (χ4v) is 4.15. The van der Waals surface area contributed by atoms with Gasteiger partial charge in [0.1, 0.15) is 11.9 Å². The number of tetrazole rings is 1. The van der Waals surface area contributed by atoms with Gasteiger partial charge in [-0.05, 0) is 33.8 Å². The number of hydrogen-bond acceptors (Lipinski definition) is 10. The number of nitrogens with zero attached hydrogens (tertiary/aromatic N) is 7.